The van der Waals surface area contributed by atoms with Gasteiger partial charge in [-0.3, -0.25) is 5.41 Å². The first-order valence-electron chi connectivity index (χ1n) is 11.3. The summed E-state index contributed by atoms with van der Waals surface area (Å²) in [5, 5.41) is 10.3. The van der Waals surface area contributed by atoms with Crippen molar-refractivity contribution in [3.05, 3.63) is 72.8 Å². The third kappa shape index (κ3) is 7.59. The lowest BCUT2D eigenvalue weighted by atomic mass is 10.1. The average Bonchev–Trinajstić information content (AvgIpc) is 2.77. The number of nitrogens with one attached hydrogen (secondary N) is 1. The first-order valence-corrected chi connectivity index (χ1v) is 14.3. The molecule has 0 bridgehead atoms. The van der Waals surface area contributed by atoms with Gasteiger partial charge in [-0.25, -0.2) is 0 Å². The van der Waals surface area contributed by atoms with Gasteiger partial charge in [-0.2, -0.15) is 0 Å². The number of unbranched alkanes of at least 4 members (excludes halogenated alkanes) is 1. The van der Waals surface area contributed by atoms with Gasteiger partial charge in [0.15, 0.2) is 0 Å². The van der Waals surface area contributed by atoms with Crippen LogP contribution in [0.15, 0.2) is 72.8 Å². The van der Waals surface area contributed by atoms with E-state index < -0.39 is 12.1 Å². The highest BCUT2D eigenvalue weighted by Crippen LogP contribution is 2.36. The Labute approximate surface area is 214 Å². The maximum atomic E-state index is 7.92. The zero-order chi connectivity index (χ0) is 24.5. The van der Waals surface area contributed by atoms with Gasteiger partial charge in [-0.1, -0.05) is 136 Å². The number of rotatable bonds is 10. The van der Waals surface area contributed by atoms with Crippen LogP contribution < -0.4 is 10.4 Å². The normalized spacial score (nSPS) is 13.8. The molecule has 180 valence electrons. The van der Waals surface area contributed by atoms with Gasteiger partial charge in [0.25, 0.3) is 12.1 Å². The largest absolute Gasteiger partial charge is 0.471 e. The van der Waals surface area contributed by atoms with Crippen molar-refractivity contribution in [1.29, 1.82) is 5.41 Å². The number of benzene rings is 2. The van der Waals surface area contributed by atoms with Gasteiger partial charge < -0.3 is 9.16 Å². The van der Waals surface area contributed by atoms with E-state index in [1.807, 2.05) is 24.3 Å². The summed E-state index contributed by atoms with van der Waals surface area (Å²) in [6, 6.07) is 21.0. The van der Waals surface area contributed by atoms with E-state index in [1.54, 1.807) is 0 Å². The molecule has 0 saturated heterocycles. The number of hydrogen-bond donors (Lipinski definition) is 1. The van der Waals surface area contributed by atoms with E-state index in [9.17, 15) is 0 Å². The standard InChI is InChI=1S/C26H34Cl3NO2Si/c1-5-6-14-21(32-24(30)26(27,28)29)15-13-20-31-33(25(2,3)4,22-16-9-7-10-17-22)23-18-11-8-12-19-23/h7-13,15-19,21,30H,5-6,14,20H2,1-4H3/b15-13+,30-24?/t21-/m1/s1. The summed E-state index contributed by atoms with van der Waals surface area (Å²) in [5.74, 6) is -0.369. The van der Waals surface area contributed by atoms with E-state index in [-0.39, 0.29) is 17.0 Å². The zero-order valence-corrected chi connectivity index (χ0v) is 23.1. The highest BCUT2D eigenvalue weighted by atomic mass is 35.6. The minimum absolute atomic E-state index is 0.0980. The summed E-state index contributed by atoms with van der Waals surface area (Å²) in [7, 11) is -2.61. The van der Waals surface area contributed by atoms with Gasteiger partial charge in [0.2, 0.25) is 5.90 Å². The third-order valence-electron chi connectivity index (χ3n) is 5.53. The Morgan fingerprint density at radius 2 is 1.48 bits per heavy atom. The SMILES string of the molecule is CCCC[C@H](/C=C/CO[Si](c1ccccc1)(c1ccccc1)C(C)(C)C)OC(=N)C(Cl)(Cl)Cl. The van der Waals surface area contributed by atoms with Crippen molar-refractivity contribution in [2.45, 2.75) is 61.9 Å². The molecular formula is C26H34Cl3NO2Si. The van der Waals surface area contributed by atoms with Crippen molar-refractivity contribution >= 4 is 59.4 Å². The van der Waals surface area contributed by atoms with E-state index in [0.29, 0.717) is 6.61 Å². The fourth-order valence-corrected chi connectivity index (χ4v) is 8.60. The Balaban J connectivity index is 2.31. The minimum atomic E-state index is -2.61. The lowest BCUT2D eigenvalue weighted by Crippen LogP contribution is -2.66. The predicted octanol–water partition coefficient (Wildman–Crippen LogP) is 7.04. The Morgan fingerprint density at radius 3 is 1.91 bits per heavy atom. The van der Waals surface area contributed by atoms with Crippen molar-refractivity contribution in [2.24, 2.45) is 0 Å². The van der Waals surface area contributed by atoms with Crippen LogP contribution in [0.3, 0.4) is 0 Å². The zero-order valence-electron chi connectivity index (χ0n) is 19.8. The van der Waals surface area contributed by atoms with Gasteiger partial charge in [0, 0.05) is 0 Å². The van der Waals surface area contributed by atoms with E-state index in [0.717, 1.165) is 19.3 Å². The lowest BCUT2D eigenvalue weighted by molar-refractivity contribution is 0.213. The predicted molar refractivity (Wildman–Crippen MR) is 145 cm³/mol. The first kappa shape index (κ1) is 27.9. The van der Waals surface area contributed by atoms with Gasteiger partial charge in [-0.05, 0) is 34.3 Å². The van der Waals surface area contributed by atoms with Crippen molar-refractivity contribution < 1.29 is 9.16 Å². The summed E-state index contributed by atoms with van der Waals surface area (Å²) in [4.78, 5) is 0. The van der Waals surface area contributed by atoms with Crippen LogP contribution in [0.4, 0.5) is 0 Å². The fraction of sp³-hybridized carbons (Fsp3) is 0.423. The fourth-order valence-electron chi connectivity index (χ4n) is 3.96. The third-order valence-corrected chi connectivity index (χ3v) is 11.1. The molecule has 0 radical (unpaired) electrons. The highest BCUT2D eigenvalue weighted by Gasteiger charge is 2.49. The van der Waals surface area contributed by atoms with E-state index in [2.05, 4.69) is 76.2 Å². The molecule has 0 unspecified atom stereocenters. The molecule has 2 rings (SSSR count). The monoisotopic (exact) mass is 525 g/mol. The molecule has 7 heteroatoms. The molecule has 2 aromatic rings. The lowest BCUT2D eigenvalue weighted by Gasteiger charge is -2.42. The molecule has 0 aliphatic carbocycles. The molecule has 2 aromatic carbocycles. The second-order valence-corrected chi connectivity index (χ2v) is 15.6. The Kier molecular flexibility index (Phi) is 10.5. The van der Waals surface area contributed by atoms with Crippen LogP contribution in [-0.4, -0.2) is 30.7 Å². The molecule has 33 heavy (non-hydrogen) atoms. The van der Waals surface area contributed by atoms with E-state index in [1.165, 1.54) is 10.4 Å². The molecular weight excluding hydrogens is 493 g/mol. The summed E-state index contributed by atoms with van der Waals surface area (Å²) in [6.07, 6.45) is 6.21. The average molecular weight is 527 g/mol. The second-order valence-electron chi connectivity index (χ2n) is 9.03. The maximum absolute atomic E-state index is 7.92. The maximum Gasteiger partial charge on any atom is 0.265 e. The van der Waals surface area contributed by atoms with Crippen LogP contribution in [0.25, 0.3) is 0 Å². The smallest absolute Gasteiger partial charge is 0.265 e. The molecule has 1 N–H and O–H groups in total. The summed E-state index contributed by atoms with van der Waals surface area (Å²) in [6.45, 7) is 9.27. The Morgan fingerprint density at radius 1 is 0.970 bits per heavy atom. The van der Waals surface area contributed by atoms with Gasteiger partial charge in [0.05, 0.1) is 6.61 Å². The van der Waals surface area contributed by atoms with Crippen LogP contribution in [0, 0.1) is 5.41 Å². The molecule has 0 saturated carbocycles. The Bertz CT molecular complexity index is 854. The van der Waals surface area contributed by atoms with E-state index >= 15 is 0 Å². The van der Waals surface area contributed by atoms with Gasteiger partial charge in [0.1, 0.15) is 6.10 Å². The Hall–Kier alpha value is -1.30. The number of halogens is 3. The molecule has 0 aliphatic rings. The number of ether oxygens (including phenoxy) is 1. The van der Waals surface area contributed by atoms with Crippen LogP contribution in [0.5, 0.6) is 0 Å². The highest BCUT2D eigenvalue weighted by molar-refractivity contribution is 6.99. The molecule has 0 aromatic heterocycles. The van der Waals surface area contributed by atoms with Crippen LogP contribution in [-0.2, 0) is 9.16 Å². The molecule has 0 heterocycles. The summed E-state index contributed by atoms with van der Waals surface area (Å²) < 4.78 is 10.6. The topological polar surface area (TPSA) is 42.3 Å². The van der Waals surface area contributed by atoms with E-state index in [4.69, 9.17) is 49.4 Å². The summed E-state index contributed by atoms with van der Waals surface area (Å²) in [5.41, 5.74) is 0. The second kappa shape index (κ2) is 12.4. The quantitative estimate of drug-likeness (QED) is 0.119. The van der Waals surface area contributed by atoms with Gasteiger partial charge in [-0.15, -0.1) is 0 Å². The van der Waals surface area contributed by atoms with Crippen molar-refractivity contribution in [3.8, 4) is 0 Å². The minimum Gasteiger partial charge on any atom is -0.471 e. The van der Waals surface area contributed by atoms with Crippen molar-refractivity contribution in [1.82, 2.24) is 0 Å². The molecule has 3 nitrogen and oxygen atoms in total. The van der Waals surface area contributed by atoms with Crippen LogP contribution in [0.2, 0.25) is 5.04 Å². The molecule has 0 fully saturated rings. The van der Waals surface area contributed by atoms with Crippen LogP contribution >= 0.6 is 34.8 Å². The van der Waals surface area contributed by atoms with Crippen LogP contribution in [0.1, 0.15) is 47.0 Å². The first-order chi connectivity index (χ1) is 15.5. The molecule has 1 atom stereocenters. The molecule has 0 spiro atoms. The number of hydrogen-bond acceptors (Lipinski definition) is 3. The summed E-state index contributed by atoms with van der Waals surface area (Å²) >= 11 is 17.4. The van der Waals surface area contributed by atoms with Crippen molar-refractivity contribution in [3.63, 3.8) is 0 Å². The number of alkyl halides is 3. The van der Waals surface area contributed by atoms with Gasteiger partial charge >= 0.3 is 0 Å². The molecule has 0 aliphatic heterocycles. The van der Waals surface area contributed by atoms with Crippen molar-refractivity contribution in [2.75, 3.05) is 6.61 Å². The molecule has 0 amide bonds.